The molecule has 2 rings (SSSR count). The molecule has 84 valence electrons. The van der Waals surface area contributed by atoms with Crippen molar-refractivity contribution in [3.8, 4) is 0 Å². The van der Waals surface area contributed by atoms with Crippen LogP contribution < -0.4 is 10.6 Å². The molecule has 0 aliphatic carbocycles. The highest BCUT2D eigenvalue weighted by Crippen LogP contribution is 2.30. The minimum Gasteiger partial charge on any atom is -0.360 e. The molecule has 0 bridgehead atoms. The lowest BCUT2D eigenvalue weighted by Gasteiger charge is -2.13. The van der Waals surface area contributed by atoms with Gasteiger partial charge in [0.1, 0.15) is 12.0 Å². The van der Waals surface area contributed by atoms with E-state index in [9.17, 15) is 4.39 Å². The van der Waals surface area contributed by atoms with E-state index < -0.39 is 0 Å². The van der Waals surface area contributed by atoms with E-state index in [1.807, 2.05) is 6.07 Å². The lowest BCUT2D eigenvalue weighted by molar-refractivity contribution is 0.643. The van der Waals surface area contributed by atoms with Crippen LogP contribution in [0.1, 0.15) is 13.8 Å². The van der Waals surface area contributed by atoms with Crippen LogP contribution in [-0.4, -0.2) is 11.1 Å². The standard InChI is InChI=1S/C12H14FN3/c1-3-4-9(13)8(2)12-15-10-5-6-14-7-11(10)16-12/h3-7,12,15-16H,1-2H3. The summed E-state index contributed by atoms with van der Waals surface area (Å²) in [6, 6.07) is 1.86. The number of pyridine rings is 1. The number of hydrogen-bond donors (Lipinski definition) is 2. The molecule has 1 unspecified atom stereocenters. The first-order valence-corrected chi connectivity index (χ1v) is 5.18. The van der Waals surface area contributed by atoms with Gasteiger partial charge in [-0.25, -0.2) is 4.39 Å². The van der Waals surface area contributed by atoms with Gasteiger partial charge in [0.25, 0.3) is 0 Å². The molecule has 0 spiro atoms. The second kappa shape index (κ2) is 4.35. The highest BCUT2D eigenvalue weighted by molar-refractivity contribution is 5.74. The van der Waals surface area contributed by atoms with Crippen LogP contribution in [-0.2, 0) is 0 Å². The van der Waals surface area contributed by atoms with Gasteiger partial charge in [0, 0.05) is 11.8 Å². The van der Waals surface area contributed by atoms with Crippen molar-refractivity contribution in [1.29, 1.82) is 0 Å². The van der Waals surface area contributed by atoms with Gasteiger partial charge in [-0.15, -0.1) is 0 Å². The van der Waals surface area contributed by atoms with Gasteiger partial charge in [0.05, 0.1) is 17.6 Å². The van der Waals surface area contributed by atoms with Crippen molar-refractivity contribution in [1.82, 2.24) is 4.98 Å². The Bertz CT molecular complexity index is 426. The van der Waals surface area contributed by atoms with E-state index in [2.05, 4.69) is 15.6 Å². The van der Waals surface area contributed by atoms with Gasteiger partial charge in [-0.2, -0.15) is 0 Å². The summed E-state index contributed by atoms with van der Waals surface area (Å²) in [7, 11) is 0. The normalized spacial score (nSPS) is 20.1. The Morgan fingerprint density at radius 2 is 2.19 bits per heavy atom. The Labute approximate surface area is 94.1 Å². The summed E-state index contributed by atoms with van der Waals surface area (Å²) in [6.07, 6.45) is 6.37. The maximum atomic E-state index is 13.6. The van der Waals surface area contributed by atoms with E-state index in [0.717, 1.165) is 11.4 Å². The highest BCUT2D eigenvalue weighted by atomic mass is 19.1. The SMILES string of the molecule is CC=CC(F)=C(C)C1Nc2ccncc2N1. The number of halogens is 1. The van der Waals surface area contributed by atoms with Crippen LogP contribution in [0.3, 0.4) is 0 Å². The molecule has 0 amide bonds. The molecular formula is C12H14FN3. The lowest BCUT2D eigenvalue weighted by atomic mass is 10.2. The molecule has 0 saturated heterocycles. The molecule has 0 radical (unpaired) electrons. The summed E-state index contributed by atoms with van der Waals surface area (Å²) in [5.41, 5.74) is 2.49. The third kappa shape index (κ3) is 1.91. The van der Waals surface area contributed by atoms with Crippen LogP contribution in [0, 0.1) is 0 Å². The highest BCUT2D eigenvalue weighted by Gasteiger charge is 2.22. The summed E-state index contributed by atoms with van der Waals surface area (Å²) in [4.78, 5) is 4.01. The summed E-state index contributed by atoms with van der Waals surface area (Å²) in [6.45, 7) is 3.56. The summed E-state index contributed by atoms with van der Waals surface area (Å²) in [5.74, 6) is -0.215. The summed E-state index contributed by atoms with van der Waals surface area (Å²) in [5, 5.41) is 6.36. The van der Waals surface area contributed by atoms with E-state index in [1.54, 1.807) is 32.3 Å². The third-order valence-corrected chi connectivity index (χ3v) is 2.54. The topological polar surface area (TPSA) is 37.0 Å². The van der Waals surface area contributed by atoms with Gasteiger partial charge in [-0.05, 0) is 26.0 Å². The third-order valence-electron chi connectivity index (χ3n) is 2.54. The van der Waals surface area contributed by atoms with Crippen LogP contribution in [0.25, 0.3) is 0 Å². The molecule has 0 aromatic carbocycles. The van der Waals surface area contributed by atoms with Gasteiger partial charge >= 0.3 is 0 Å². The summed E-state index contributed by atoms with van der Waals surface area (Å²) < 4.78 is 13.6. The van der Waals surface area contributed by atoms with E-state index >= 15 is 0 Å². The predicted octanol–water partition coefficient (Wildman–Crippen LogP) is 3.06. The fourth-order valence-corrected chi connectivity index (χ4v) is 1.61. The van der Waals surface area contributed by atoms with E-state index in [0.29, 0.717) is 5.57 Å². The number of anilines is 2. The second-order valence-corrected chi connectivity index (χ2v) is 3.67. The molecule has 1 aromatic heterocycles. The number of hydrogen-bond acceptors (Lipinski definition) is 3. The maximum Gasteiger partial charge on any atom is 0.125 e. The quantitative estimate of drug-likeness (QED) is 0.750. The Morgan fingerprint density at radius 3 is 2.88 bits per heavy atom. The van der Waals surface area contributed by atoms with Crippen molar-refractivity contribution in [3.05, 3.63) is 42.0 Å². The zero-order valence-electron chi connectivity index (χ0n) is 9.29. The van der Waals surface area contributed by atoms with Crippen molar-refractivity contribution < 1.29 is 4.39 Å². The van der Waals surface area contributed by atoms with E-state index in [4.69, 9.17) is 0 Å². The van der Waals surface area contributed by atoms with Gasteiger partial charge in [0.15, 0.2) is 0 Å². The van der Waals surface area contributed by atoms with Gasteiger partial charge < -0.3 is 10.6 Å². The van der Waals surface area contributed by atoms with Crippen LogP contribution in [0.15, 0.2) is 42.0 Å². The minimum absolute atomic E-state index is 0.199. The Morgan fingerprint density at radius 1 is 1.44 bits per heavy atom. The van der Waals surface area contributed by atoms with E-state index in [1.165, 1.54) is 6.08 Å². The number of rotatable bonds is 2. The number of nitrogens with zero attached hydrogens (tertiary/aromatic N) is 1. The van der Waals surface area contributed by atoms with Crippen LogP contribution in [0.5, 0.6) is 0 Å². The monoisotopic (exact) mass is 219 g/mol. The fraction of sp³-hybridized carbons (Fsp3) is 0.250. The molecule has 0 fully saturated rings. The summed E-state index contributed by atoms with van der Waals surface area (Å²) >= 11 is 0. The smallest absolute Gasteiger partial charge is 0.125 e. The molecule has 1 atom stereocenters. The molecule has 1 aliphatic heterocycles. The predicted molar refractivity (Wildman–Crippen MR) is 63.9 cm³/mol. The lowest BCUT2D eigenvalue weighted by Crippen LogP contribution is -2.23. The average Bonchev–Trinajstić information content (AvgIpc) is 2.71. The Kier molecular flexibility index (Phi) is 2.90. The van der Waals surface area contributed by atoms with E-state index in [-0.39, 0.29) is 12.0 Å². The molecule has 4 heteroatoms. The molecule has 16 heavy (non-hydrogen) atoms. The van der Waals surface area contributed by atoms with Gasteiger partial charge in [-0.3, -0.25) is 4.98 Å². The van der Waals surface area contributed by atoms with Crippen molar-refractivity contribution in [2.75, 3.05) is 10.6 Å². The van der Waals surface area contributed by atoms with Crippen molar-refractivity contribution in [2.24, 2.45) is 0 Å². The first-order chi connectivity index (χ1) is 7.72. The van der Waals surface area contributed by atoms with Crippen molar-refractivity contribution in [2.45, 2.75) is 20.0 Å². The second-order valence-electron chi connectivity index (χ2n) is 3.67. The molecule has 2 heterocycles. The number of aromatic nitrogens is 1. The average molecular weight is 219 g/mol. The zero-order valence-corrected chi connectivity index (χ0v) is 9.29. The van der Waals surface area contributed by atoms with Crippen molar-refractivity contribution >= 4 is 11.4 Å². The van der Waals surface area contributed by atoms with Crippen LogP contribution >= 0.6 is 0 Å². The molecular weight excluding hydrogens is 205 g/mol. The molecule has 1 aromatic rings. The largest absolute Gasteiger partial charge is 0.360 e. The number of nitrogens with one attached hydrogen (secondary N) is 2. The van der Waals surface area contributed by atoms with Crippen molar-refractivity contribution in [3.63, 3.8) is 0 Å². The molecule has 3 nitrogen and oxygen atoms in total. The Balaban J connectivity index is 2.21. The first-order valence-electron chi connectivity index (χ1n) is 5.18. The molecule has 2 N–H and O–H groups in total. The number of allylic oxidation sites excluding steroid dienone is 3. The fourth-order valence-electron chi connectivity index (χ4n) is 1.61. The maximum absolute atomic E-state index is 13.6. The Hall–Kier alpha value is -1.84. The molecule has 0 saturated carbocycles. The first kappa shape index (κ1) is 10.7. The minimum atomic E-state index is -0.215. The van der Waals surface area contributed by atoms with Gasteiger partial charge in [-0.1, -0.05) is 6.08 Å². The van der Waals surface area contributed by atoms with Gasteiger partial charge in [0.2, 0.25) is 0 Å². The van der Waals surface area contributed by atoms with Crippen LogP contribution in [0.2, 0.25) is 0 Å². The van der Waals surface area contributed by atoms with Crippen LogP contribution in [0.4, 0.5) is 15.8 Å². The zero-order chi connectivity index (χ0) is 11.5. The molecule has 1 aliphatic rings. The number of fused-ring (bicyclic) bond motifs is 1.